The van der Waals surface area contributed by atoms with E-state index < -0.39 is 12.1 Å². The summed E-state index contributed by atoms with van der Waals surface area (Å²) >= 11 is 0. The van der Waals surface area contributed by atoms with Crippen molar-refractivity contribution in [3.8, 4) is 0 Å². The lowest BCUT2D eigenvalue weighted by Crippen LogP contribution is -2.42. The Balaban J connectivity index is 2.20. The van der Waals surface area contributed by atoms with E-state index in [1.54, 1.807) is 0 Å². The molecule has 1 aliphatic heterocycles. The van der Waals surface area contributed by atoms with E-state index in [1.165, 1.54) is 6.42 Å². The van der Waals surface area contributed by atoms with Crippen LogP contribution in [-0.4, -0.2) is 43.2 Å². The Labute approximate surface area is 99.4 Å². The average molecular weight is 252 g/mol. The molecular weight excluding hydrogens is 233 g/mol. The van der Waals surface area contributed by atoms with Crippen molar-refractivity contribution in [3.63, 3.8) is 0 Å². The lowest BCUT2D eigenvalue weighted by Gasteiger charge is -2.29. The Hall–Kier alpha value is -0.780. The van der Waals surface area contributed by atoms with Crippen molar-refractivity contribution in [2.24, 2.45) is 5.92 Å². The molecule has 6 heteroatoms. The third kappa shape index (κ3) is 5.39. The molecule has 1 heterocycles. The molecule has 0 aromatic carbocycles. The van der Waals surface area contributed by atoms with E-state index in [0.717, 1.165) is 32.5 Å². The maximum atomic E-state index is 11.9. The van der Waals surface area contributed by atoms with Crippen molar-refractivity contribution in [2.45, 2.75) is 32.4 Å². The number of carbonyl (C=O) groups is 1. The molecule has 1 rings (SSSR count). The maximum absolute atomic E-state index is 11.9. The topological polar surface area (TPSA) is 32.3 Å². The number of carbonyl (C=O) groups excluding carboxylic acids is 1. The number of piperidine rings is 1. The van der Waals surface area contributed by atoms with Crippen LogP contribution in [0.4, 0.5) is 13.2 Å². The van der Waals surface area contributed by atoms with Gasteiger partial charge in [-0.1, -0.05) is 13.3 Å². The fourth-order valence-electron chi connectivity index (χ4n) is 2.01. The first-order valence-corrected chi connectivity index (χ1v) is 5.97. The lowest BCUT2D eigenvalue weighted by molar-refractivity contribution is -0.173. The number of hydrogen-bond acceptors (Lipinski definition) is 2. The Kier molecular flexibility index (Phi) is 5.24. The normalized spacial score (nSPS) is 20.0. The summed E-state index contributed by atoms with van der Waals surface area (Å²) in [5.74, 6) is -1.80. The molecule has 0 aliphatic carbocycles. The smallest absolute Gasteiger partial charge is 0.348 e. The van der Waals surface area contributed by atoms with Gasteiger partial charge in [-0.25, -0.2) is 0 Å². The number of nitrogens with zero attached hydrogens (tertiary/aromatic N) is 1. The average Bonchev–Trinajstić information content (AvgIpc) is 2.26. The molecule has 100 valence electrons. The molecule has 1 amide bonds. The van der Waals surface area contributed by atoms with E-state index in [0.29, 0.717) is 0 Å². The molecule has 1 unspecified atom stereocenters. The van der Waals surface area contributed by atoms with Crippen molar-refractivity contribution in [1.29, 1.82) is 0 Å². The highest BCUT2D eigenvalue weighted by Gasteiger charge is 2.38. The number of amides is 1. The summed E-state index contributed by atoms with van der Waals surface area (Å²) in [5, 5.41) is 1.92. The van der Waals surface area contributed by atoms with Gasteiger partial charge >= 0.3 is 12.1 Å². The summed E-state index contributed by atoms with van der Waals surface area (Å²) in [6, 6.07) is 0. The molecule has 0 aromatic heterocycles. The summed E-state index contributed by atoms with van der Waals surface area (Å²) in [4.78, 5) is 12.9. The lowest BCUT2D eigenvalue weighted by atomic mass is 10.1. The van der Waals surface area contributed by atoms with Gasteiger partial charge in [-0.15, -0.1) is 0 Å². The van der Waals surface area contributed by atoms with E-state index in [4.69, 9.17) is 0 Å². The van der Waals surface area contributed by atoms with Crippen LogP contribution in [0.3, 0.4) is 0 Å². The Morgan fingerprint density at radius 3 is 2.41 bits per heavy atom. The van der Waals surface area contributed by atoms with Crippen LogP contribution in [-0.2, 0) is 4.79 Å². The number of likely N-dealkylation sites (tertiary alicyclic amines) is 1. The van der Waals surface area contributed by atoms with Crippen molar-refractivity contribution >= 4 is 5.91 Å². The highest BCUT2D eigenvalue weighted by atomic mass is 19.4. The molecule has 0 aromatic rings. The molecule has 1 saturated heterocycles. The molecule has 1 atom stereocenters. The molecule has 0 spiro atoms. The summed E-state index contributed by atoms with van der Waals surface area (Å²) in [6.45, 7) is 4.70. The van der Waals surface area contributed by atoms with Crippen molar-refractivity contribution in [3.05, 3.63) is 0 Å². The molecule has 1 N–H and O–H groups in total. The van der Waals surface area contributed by atoms with Crippen LogP contribution in [0.5, 0.6) is 0 Å². The second-order valence-corrected chi connectivity index (χ2v) is 4.67. The van der Waals surface area contributed by atoms with Gasteiger partial charge in [0.1, 0.15) is 0 Å². The van der Waals surface area contributed by atoms with Gasteiger partial charge in [0.25, 0.3) is 0 Å². The summed E-state index contributed by atoms with van der Waals surface area (Å²) in [6.07, 6.45) is -1.23. The highest BCUT2D eigenvalue weighted by molar-refractivity contribution is 5.81. The van der Waals surface area contributed by atoms with E-state index in [1.807, 2.05) is 12.2 Å². The molecule has 17 heavy (non-hydrogen) atoms. The minimum atomic E-state index is -4.77. The van der Waals surface area contributed by atoms with Crippen LogP contribution >= 0.6 is 0 Å². The molecule has 1 fully saturated rings. The predicted molar refractivity (Wildman–Crippen MR) is 58.5 cm³/mol. The van der Waals surface area contributed by atoms with Crippen molar-refractivity contribution < 1.29 is 18.0 Å². The largest absolute Gasteiger partial charge is 0.471 e. The van der Waals surface area contributed by atoms with Crippen molar-refractivity contribution in [2.75, 3.05) is 26.2 Å². The van der Waals surface area contributed by atoms with E-state index >= 15 is 0 Å². The zero-order chi connectivity index (χ0) is 12.9. The van der Waals surface area contributed by atoms with Crippen LogP contribution in [0.25, 0.3) is 0 Å². The fraction of sp³-hybridized carbons (Fsp3) is 0.909. The quantitative estimate of drug-likeness (QED) is 0.827. The predicted octanol–water partition coefficient (Wildman–Crippen LogP) is 1.79. The standard InChI is InChI=1S/C11H19F3N2O/c1-9(7-15-10(17)11(12,13)14)8-16-5-3-2-4-6-16/h9H,2-8H2,1H3,(H,15,17). The Morgan fingerprint density at radius 2 is 1.88 bits per heavy atom. The number of rotatable bonds is 4. The van der Waals surface area contributed by atoms with Gasteiger partial charge in [-0.05, 0) is 31.8 Å². The molecular formula is C11H19F3N2O. The van der Waals surface area contributed by atoms with Gasteiger partial charge in [0.15, 0.2) is 0 Å². The zero-order valence-corrected chi connectivity index (χ0v) is 10.0. The molecule has 1 aliphatic rings. The number of nitrogens with one attached hydrogen (secondary N) is 1. The van der Waals surface area contributed by atoms with Gasteiger partial charge < -0.3 is 10.2 Å². The van der Waals surface area contributed by atoms with Crippen LogP contribution in [0, 0.1) is 5.92 Å². The summed E-state index contributed by atoms with van der Waals surface area (Å²) < 4.78 is 35.8. The van der Waals surface area contributed by atoms with Crippen LogP contribution < -0.4 is 5.32 Å². The monoisotopic (exact) mass is 252 g/mol. The first-order valence-electron chi connectivity index (χ1n) is 5.97. The zero-order valence-electron chi connectivity index (χ0n) is 10.0. The summed E-state index contributed by atoms with van der Waals surface area (Å²) in [7, 11) is 0. The molecule has 0 saturated carbocycles. The first-order chi connectivity index (χ1) is 7.89. The van der Waals surface area contributed by atoms with Crippen LogP contribution in [0.2, 0.25) is 0 Å². The number of hydrogen-bond donors (Lipinski definition) is 1. The van der Waals surface area contributed by atoms with E-state index in [-0.39, 0.29) is 12.5 Å². The minimum absolute atomic E-state index is 0.0411. The van der Waals surface area contributed by atoms with E-state index in [9.17, 15) is 18.0 Å². The molecule has 0 bridgehead atoms. The van der Waals surface area contributed by atoms with Gasteiger partial charge in [0.05, 0.1) is 0 Å². The van der Waals surface area contributed by atoms with Gasteiger partial charge in [0.2, 0.25) is 0 Å². The first kappa shape index (κ1) is 14.3. The van der Waals surface area contributed by atoms with Crippen molar-refractivity contribution in [1.82, 2.24) is 10.2 Å². The fourth-order valence-corrected chi connectivity index (χ4v) is 2.01. The third-order valence-corrected chi connectivity index (χ3v) is 2.89. The van der Waals surface area contributed by atoms with Gasteiger partial charge in [-0.3, -0.25) is 4.79 Å². The Bertz CT molecular complexity index is 250. The number of halogens is 3. The minimum Gasteiger partial charge on any atom is -0.348 e. The second kappa shape index (κ2) is 6.23. The van der Waals surface area contributed by atoms with Crippen LogP contribution in [0.15, 0.2) is 0 Å². The maximum Gasteiger partial charge on any atom is 0.471 e. The van der Waals surface area contributed by atoms with Gasteiger partial charge in [0, 0.05) is 13.1 Å². The third-order valence-electron chi connectivity index (χ3n) is 2.89. The Morgan fingerprint density at radius 1 is 1.29 bits per heavy atom. The summed E-state index contributed by atoms with van der Waals surface area (Å²) in [5.41, 5.74) is 0. The van der Waals surface area contributed by atoms with Crippen LogP contribution in [0.1, 0.15) is 26.2 Å². The second-order valence-electron chi connectivity index (χ2n) is 4.67. The number of alkyl halides is 3. The highest BCUT2D eigenvalue weighted by Crippen LogP contribution is 2.14. The SMILES string of the molecule is CC(CNC(=O)C(F)(F)F)CN1CCCCC1. The van der Waals surface area contributed by atoms with E-state index in [2.05, 4.69) is 4.90 Å². The molecule has 3 nitrogen and oxygen atoms in total. The molecule has 0 radical (unpaired) electrons. The van der Waals surface area contributed by atoms with Gasteiger partial charge in [-0.2, -0.15) is 13.2 Å².